The molecule has 0 bridgehead atoms. The van der Waals surface area contributed by atoms with E-state index in [1.54, 1.807) is 30.3 Å². The molecule has 0 fully saturated rings. The molecule has 0 aliphatic carbocycles. The number of rotatable bonds is 9. The number of ketones is 2. The van der Waals surface area contributed by atoms with E-state index in [2.05, 4.69) is 15.3 Å². The lowest BCUT2D eigenvalue weighted by Crippen LogP contribution is -2.47. The van der Waals surface area contributed by atoms with E-state index in [0.717, 1.165) is 43.9 Å². The highest BCUT2D eigenvalue weighted by molar-refractivity contribution is 7.99. The first-order chi connectivity index (χ1) is 24.2. The van der Waals surface area contributed by atoms with Crippen LogP contribution in [0.2, 0.25) is 10.0 Å². The van der Waals surface area contributed by atoms with E-state index in [1.807, 2.05) is 42.6 Å². The van der Waals surface area contributed by atoms with Crippen LogP contribution in [0.25, 0.3) is 10.9 Å². The lowest BCUT2D eigenvalue weighted by Gasteiger charge is -2.31. The van der Waals surface area contributed by atoms with Gasteiger partial charge in [0.25, 0.3) is 0 Å². The molecule has 0 spiro atoms. The number of fused-ring (bicyclic) bond motifs is 3. The summed E-state index contributed by atoms with van der Waals surface area (Å²) in [6, 6.07) is 13.9. The number of H-pyrrole nitrogens is 1. The Morgan fingerprint density at radius 1 is 0.920 bits per heavy atom. The van der Waals surface area contributed by atoms with Gasteiger partial charge in [-0.3, -0.25) is 19.4 Å². The molecule has 0 unspecified atom stereocenters. The first-order valence-electron chi connectivity index (χ1n) is 17.3. The molecule has 0 saturated heterocycles. The van der Waals surface area contributed by atoms with Gasteiger partial charge in [-0.25, -0.2) is 0 Å². The van der Waals surface area contributed by atoms with E-state index in [9.17, 15) is 14.4 Å². The van der Waals surface area contributed by atoms with Crippen LogP contribution in [0.4, 0.5) is 0 Å². The average molecular weight is 738 g/mol. The summed E-state index contributed by atoms with van der Waals surface area (Å²) < 4.78 is 0. The molecule has 3 atom stereocenters. The third-order valence-corrected chi connectivity index (χ3v) is 11.6. The van der Waals surface area contributed by atoms with E-state index >= 15 is 0 Å². The average Bonchev–Trinajstić information content (AvgIpc) is 3.53. The van der Waals surface area contributed by atoms with Crippen molar-refractivity contribution in [2.75, 3.05) is 20.1 Å². The van der Waals surface area contributed by atoms with E-state index in [4.69, 9.17) is 34.7 Å². The number of aromatic amines is 1. The summed E-state index contributed by atoms with van der Waals surface area (Å²) in [4.78, 5) is 54.0. The highest BCUT2D eigenvalue weighted by Gasteiger charge is 2.34. The first kappa shape index (κ1) is 38.0. The Morgan fingerprint density at radius 3 is 2.50 bits per heavy atom. The monoisotopic (exact) mass is 736 g/mol. The highest BCUT2D eigenvalue weighted by Crippen LogP contribution is 2.41. The molecule has 6 N–H and O–H groups in total. The predicted octanol–water partition coefficient (Wildman–Crippen LogP) is 6.51. The standard InChI is InChI=1S/C38H46Cl2N6O3S/c1-46-33(20-25-22-44-30-10-3-2-9-26(25)30)34(47)16-13-27-28(39)14-15-29(40)37(27)50-36-12-7-19-43-32(36)23-45-31(11-6-18-42)35(48)21-24(38(46)49)8-4-5-17-41/h2-3,7,9-10,12,14-15,19,22,24,31,33,44-45H,4-6,8,11,13,16-18,20-21,23,41-42H2,1H3/t24-,31+,33+/m1/s1. The molecule has 12 heteroatoms. The number of nitrogens with one attached hydrogen (secondary N) is 2. The first-order valence-corrected chi connectivity index (χ1v) is 18.9. The molecule has 50 heavy (non-hydrogen) atoms. The number of likely N-dealkylation sites (N-methyl/N-ethyl adjacent to an activating group) is 1. The molecule has 2 aromatic heterocycles. The summed E-state index contributed by atoms with van der Waals surface area (Å²) in [7, 11) is 1.69. The zero-order valence-corrected chi connectivity index (χ0v) is 30.8. The summed E-state index contributed by atoms with van der Waals surface area (Å²) in [6.45, 7) is 1.26. The van der Waals surface area contributed by atoms with Crippen molar-refractivity contribution in [1.29, 1.82) is 0 Å². The van der Waals surface area contributed by atoms with Crippen molar-refractivity contribution >= 4 is 63.3 Å². The van der Waals surface area contributed by atoms with Gasteiger partial charge >= 0.3 is 0 Å². The number of benzene rings is 2. The minimum absolute atomic E-state index is 0.0461. The lowest BCUT2D eigenvalue weighted by atomic mass is 9.89. The molecule has 3 heterocycles. The van der Waals surface area contributed by atoms with Gasteiger partial charge in [-0.15, -0.1) is 0 Å². The predicted molar refractivity (Wildman–Crippen MR) is 202 cm³/mol. The van der Waals surface area contributed by atoms with Crippen molar-refractivity contribution < 1.29 is 14.4 Å². The van der Waals surface area contributed by atoms with Crippen LogP contribution in [0.1, 0.15) is 61.8 Å². The van der Waals surface area contributed by atoms with Gasteiger partial charge in [-0.05, 0) is 86.7 Å². The number of halogens is 2. The summed E-state index contributed by atoms with van der Waals surface area (Å²) in [6.07, 6.45) is 7.54. The number of Topliss-reactive ketones (excluding diaryl/α,β-unsaturated/α-hetero) is 2. The minimum atomic E-state index is -0.769. The lowest BCUT2D eigenvalue weighted by molar-refractivity contribution is -0.143. The molecular weight excluding hydrogens is 691 g/mol. The van der Waals surface area contributed by atoms with E-state index in [-0.39, 0.29) is 30.3 Å². The van der Waals surface area contributed by atoms with Crippen LogP contribution in [0.15, 0.2) is 70.7 Å². The number of nitrogens with two attached hydrogens (primary N) is 2. The summed E-state index contributed by atoms with van der Waals surface area (Å²) in [5.74, 6) is -0.990. The van der Waals surface area contributed by atoms with Crippen LogP contribution < -0.4 is 16.8 Å². The molecule has 0 radical (unpaired) electrons. The Balaban J connectivity index is 1.58. The Kier molecular flexibility index (Phi) is 13.9. The second-order valence-corrected chi connectivity index (χ2v) is 14.8. The van der Waals surface area contributed by atoms with Gasteiger partial charge in [0.05, 0.1) is 22.8 Å². The fourth-order valence-corrected chi connectivity index (χ4v) is 8.37. The Bertz CT molecular complexity index is 1800. The molecule has 1 aliphatic rings. The second kappa shape index (κ2) is 18.3. The van der Waals surface area contributed by atoms with E-state index in [1.165, 1.54) is 11.8 Å². The van der Waals surface area contributed by atoms with Crippen molar-refractivity contribution in [3.05, 3.63) is 87.8 Å². The topological polar surface area (TPSA) is 147 Å². The summed E-state index contributed by atoms with van der Waals surface area (Å²) in [5, 5.41) is 5.46. The van der Waals surface area contributed by atoms with Gasteiger partial charge in [0.15, 0.2) is 11.6 Å². The maximum absolute atomic E-state index is 14.5. The zero-order valence-electron chi connectivity index (χ0n) is 28.4. The molecule has 5 rings (SSSR count). The smallest absolute Gasteiger partial charge is 0.226 e. The molecule has 9 nitrogen and oxygen atoms in total. The number of aromatic nitrogens is 2. The Morgan fingerprint density at radius 2 is 1.70 bits per heavy atom. The molecule has 0 saturated carbocycles. The number of unbranched alkanes of at least 4 members (excludes halogenated alkanes) is 1. The molecule has 1 aliphatic heterocycles. The van der Waals surface area contributed by atoms with Crippen molar-refractivity contribution in [2.45, 2.75) is 86.2 Å². The van der Waals surface area contributed by atoms with Gasteiger partial charge < -0.3 is 26.7 Å². The van der Waals surface area contributed by atoms with Crippen LogP contribution in [-0.2, 0) is 33.8 Å². The zero-order chi connectivity index (χ0) is 35.6. The number of carbonyl (C=O) groups is 3. The van der Waals surface area contributed by atoms with Crippen LogP contribution in [0, 0.1) is 5.92 Å². The van der Waals surface area contributed by atoms with Gasteiger partial charge in [0.2, 0.25) is 5.91 Å². The van der Waals surface area contributed by atoms with Crippen LogP contribution >= 0.6 is 35.0 Å². The number of para-hydroxylation sites is 1. The van der Waals surface area contributed by atoms with Crippen molar-refractivity contribution in [3.8, 4) is 0 Å². The number of pyridine rings is 1. The molecule has 2 aromatic carbocycles. The minimum Gasteiger partial charge on any atom is -0.361 e. The van der Waals surface area contributed by atoms with Crippen LogP contribution in [-0.4, -0.2) is 64.6 Å². The molecule has 4 aromatic rings. The normalized spacial score (nSPS) is 19.7. The fraction of sp³-hybridized carbons (Fsp3) is 0.421. The quantitative estimate of drug-likeness (QED) is 0.142. The maximum Gasteiger partial charge on any atom is 0.226 e. The molecular formula is C38H46Cl2N6O3S. The fourth-order valence-electron chi connectivity index (χ4n) is 6.66. The Labute approximate surface area is 308 Å². The van der Waals surface area contributed by atoms with Gasteiger partial charge in [-0.2, -0.15) is 0 Å². The van der Waals surface area contributed by atoms with Gasteiger partial charge in [0.1, 0.15) is 0 Å². The highest BCUT2D eigenvalue weighted by atomic mass is 35.5. The maximum atomic E-state index is 14.5. The van der Waals surface area contributed by atoms with Crippen LogP contribution in [0.5, 0.6) is 0 Å². The van der Waals surface area contributed by atoms with Crippen molar-refractivity contribution in [1.82, 2.24) is 20.2 Å². The largest absolute Gasteiger partial charge is 0.361 e. The number of hydrogen-bond acceptors (Lipinski definition) is 8. The molecule has 1 amide bonds. The van der Waals surface area contributed by atoms with Crippen molar-refractivity contribution in [3.63, 3.8) is 0 Å². The van der Waals surface area contributed by atoms with Gasteiger partial charge in [-0.1, -0.05) is 59.6 Å². The van der Waals surface area contributed by atoms with E-state index < -0.39 is 18.0 Å². The number of amides is 1. The number of hydrogen-bond donors (Lipinski definition) is 4. The number of nitrogens with zero attached hydrogens (tertiary/aromatic N) is 2. The van der Waals surface area contributed by atoms with Crippen LogP contribution in [0.3, 0.4) is 0 Å². The SMILES string of the molecule is CN1C(=O)[C@H](CCCCN)CC(=O)[C@H](CCCN)NCc2ncccc2Sc2c(Cl)ccc(Cl)c2CCC(=O)[C@@H]1Cc1c[nH]c2ccccc12. The summed E-state index contributed by atoms with van der Waals surface area (Å²) >= 11 is 15.1. The van der Waals surface area contributed by atoms with E-state index in [0.29, 0.717) is 68.2 Å². The second-order valence-electron chi connectivity index (χ2n) is 12.9. The Hall–Kier alpha value is -3.25. The molecule has 266 valence electrons. The van der Waals surface area contributed by atoms with Crippen molar-refractivity contribution in [2.24, 2.45) is 17.4 Å². The third-order valence-electron chi connectivity index (χ3n) is 9.52. The number of carbonyl (C=O) groups excluding carboxylic acids is 3. The third kappa shape index (κ3) is 9.34. The summed E-state index contributed by atoms with van der Waals surface area (Å²) in [5.41, 5.74) is 15.1. The van der Waals surface area contributed by atoms with Gasteiger partial charge in [0, 0.05) is 76.9 Å².